The van der Waals surface area contributed by atoms with E-state index in [4.69, 9.17) is 11.6 Å². The third-order valence-electron chi connectivity index (χ3n) is 6.67. The number of nitrogens with one attached hydrogen (secondary N) is 1. The van der Waals surface area contributed by atoms with Crippen LogP contribution in [0.5, 0.6) is 0 Å². The average Bonchev–Trinajstić information content (AvgIpc) is 3.76. The van der Waals surface area contributed by atoms with Gasteiger partial charge >= 0.3 is 18.0 Å². The standard InChI is InChI=1S/C24H16BrClF7N5O/c25-16-8-18(22(27,23(28,29)30)24(31,32)33)38(14-2-3-14)20(16)37-10-13(9-35-37)12-1-4-17(26)15(7-12)19(39)36-21(11-34)5-6-21/h1,4,7-10,14H,2-3,5-6H2,(H,36,39). The summed E-state index contributed by atoms with van der Waals surface area (Å²) in [5, 5.41) is 16.1. The van der Waals surface area contributed by atoms with Crippen molar-refractivity contribution in [1.82, 2.24) is 19.7 Å². The van der Waals surface area contributed by atoms with E-state index in [1.54, 1.807) is 0 Å². The molecule has 6 nitrogen and oxygen atoms in total. The number of alkyl halides is 7. The van der Waals surface area contributed by atoms with Crippen molar-refractivity contribution >= 4 is 33.4 Å². The van der Waals surface area contributed by atoms with Gasteiger partial charge in [-0.1, -0.05) is 17.7 Å². The van der Waals surface area contributed by atoms with Gasteiger partial charge < -0.3 is 9.88 Å². The fourth-order valence-electron chi connectivity index (χ4n) is 4.26. The van der Waals surface area contributed by atoms with E-state index in [9.17, 15) is 36.4 Å². The summed E-state index contributed by atoms with van der Waals surface area (Å²) in [6, 6.07) is 6.11. The molecule has 2 saturated carbocycles. The highest BCUT2D eigenvalue weighted by Gasteiger charge is 2.75. The summed E-state index contributed by atoms with van der Waals surface area (Å²) in [6.45, 7) is 0. The minimum atomic E-state index is -6.27. The molecule has 1 N–H and O–H groups in total. The van der Waals surface area contributed by atoms with Crippen LogP contribution in [-0.2, 0) is 5.67 Å². The van der Waals surface area contributed by atoms with E-state index in [0.29, 0.717) is 34.6 Å². The molecule has 2 aliphatic carbocycles. The molecule has 0 bridgehead atoms. The summed E-state index contributed by atoms with van der Waals surface area (Å²) in [6.07, 6.45) is -8.43. The highest BCUT2D eigenvalue weighted by molar-refractivity contribution is 9.10. The Kier molecular flexibility index (Phi) is 6.34. The van der Waals surface area contributed by atoms with Gasteiger partial charge in [0.1, 0.15) is 11.4 Å². The van der Waals surface area contributed by atoms with Gasteiger partial charge in [0.2, 0.25) is 0 Å². The first-order chi connectivity index (χ1) is 18.1. The number of amides is 1. The summed E-state index contributed by atoms with van der Waals surface area (Å²) in [7, 11) is 0. The van der Waals surface area contributed by atoms with Gasteiger partial charge in [0.05, 0.1) is 33.0 Å². The van der Waals surface area contributed by atoms with E-state index in [2.05, 4.69) is 26.3 Å². The molecule has 0 unspecified atom stereocenters. The van der Waals surface area contributed by atoms with Gasteiger partial charge in [0.25, 0.3) is 5.91 Å². The third-order valence-corrected chi connectivity index (χ3v) is 7.58. The highest BCUT2D eigenvalue weighted by atomic mass is 79.9. The first kappa shape index (κ1) is 27.5. The van der Waals surface area contributed by atoms with Gasteiger partial charge in [-0.2, -0.15) is 36.7 Å². The maximum Gasteiger partial charge on any atom is 0.437 e. The van der Waals surface area contributed by atoms with Gasteiger partial charge in [-0.15, -0.1) is 0 Å². The Morgan fingerprint density at radius 3 is 2.28 bits per heavy atom. The summed E-state index contributed by atoms with van der Waals surface area (Å²) in [4.78, 5) is 12.7. The molecule has 1 aromatic carbocycles. The van der Waals surface area contributed by atoms with Crippen molar-refractivity contribution in [3.8, 4) is 23.0 Å². The number of nitriles is 1. The van der Waals surface area contributed by atoms with E-state index in [0.717, 1.165) is 4.68 Å². The fraction of sp³-hybridized carbons (Fsp3) is 0.375. The number of nitrogens with zero attached hydrogens (tertiary/aromatic N) is 4. The van der Waals surface area contributed by atoms with Crippen LogP contribution in [0.2, 0.25) is 5.02 Å². The number of hydrogen-bond donors (Lipinski definition) is 1. The van der Waals surface area contributed by atoms with Crippen LogP contribution in [0.4, 0.5) is 30.7 Å². The summed E-state index contributed by atoms with van der Waals surface area (Å²) >= 11 is 9.17. The summed E-state index contributed by atoms with van der Waals surface area (Å²) < 4.78 is 98.0. The second-order valence-corrected chi connectivity index (χ2v) is 10.7. The molecule has 206 valence electrons. The number of benzene rings is 1. The van der Waals surface area contributed by atoms with Crippen LogP contribution in [0, 0.1) is 11.3 Å². The lowest BCUT2D eigenvalue weighted by Crippen LogP contribution is -2.51. The minimum Gasteiger partial charge on any atom is -0.334 e. The Morgan fingerprint density at radius 2 is 1.74 bits per heavy atom. The van der Waals surface area contributed by atoms with E-state index in [-0.39, 0.29) is 33.7 Å². The van der Waals surface area contributed by atoms with Crippen molar-refractivity contribution in [3.05, 3.63) is 57.4 Å². The number of hydrogen-bond acceptors (Lipinski definition) is 3. The molecule has 0 atom stereocenters. The Hall–Kier alpha value is -3.05. The molecule has 0 saturated heterocycles. The fourth-order valence-corrected chi connectivity index (χ4v) is 5.06. The second-order valence-electron chi connectivity index (χ2n) is 9.47. The van der Waals surface area contributed by atoms with E-state index in [1.165, 1.54) is 30.6 Å². The number of aromatic nitrogens is 3. The molecule has 1 amide bonds. The second kappa shape index (κ2) is 8.99. The number of halogens is 9. The van der Waals surface area contributed by atoms with Gasteiger partial charge in [0.15, 0.2) is 0 Å². The van der Waals surface area contributed by atoms with Crippen molar-refractivity contribution in [2.45, 2.75) is 55.3 Å². The summed E-state index contributed by atoms with van der Waals surface area (Å²) in [5.41, 5.74) is -7.34. The third kappa shape index (κ3) is 4.59. The SMILES string of the molecule is N#CC1(NC(=O)c2cc(-c3cnn(-c4c(Br)cc(C(F)(C(F)(F)F)C(F)(F)F)n4C4CC4)c3)ccc2Cl)CC1. The predicted molar refractivity (Wildman–Crippen MR) is 128 cm³/mol. The van der Waals surface area contributed by atoms with Crippen LogP contribution < -0.4 is 5.32 Å². The zero-order valence-corrected chi connectivity index (χ0v) is 21.8. The topological polar surface area (TPSA) is 75.6 Å². The lowest BCUT2D eigenvalue weighted by Gasteiger charge is -2.31. The molecule has 0 radical (unpaired) electrons. The number of rotatable bonds is 6. The zero-order valence-electron chi connectivity index (χ0n) is 19.5. The van der Waals surface area contributed by atoms with E-state index in [1.807, 2.05) is 6.07 Å². The first-order valence-corrected chi connectivity index (χ1v) is 12.6. The molecule has 5 rings (SSSR count). The molecule has 39 heavy (non-hydrogen) atoms. The van der Waals surface area contributed by atoms with E-state index >= 15 is 4.39 Å². The molecular weight excluding hydrogens is 623 g/mol. The van der Waals surface area contributed by atoms with Crippen molar-refractivity contribution in [1.29, 1.82) is 5.26 Å². The largest absolute Gasteiger partial charge is 0.437 e. The van der Waals surface area contributed by atoms with Gasteiger partial charge in [0, 0.05) is 17.8 Å². The van der Waals surface area contributed by atoms with Crippen LogP contribution in [-0.4, -0.2) is 38.1 Å². The molecule has 2 fully saturated rings. The average molecular weight is 639 g/mol. The Balaban J connectivity index is 1.56. The first-order valence-electron chi connectivity index (χ1n) is 11.4. The lowest BCUT2D eigenvalue weighted by atomic mass is 10.0. The van der Waals surface area contributed by atoms with Crippen molar-refractivity contribution in [2.24, 2.45) is 0 Å². The minimum absolute atomic E-state index is 0.0610. The van der Waals surface area contributed by atoms with Crippen LogP contribution in [0.3, 0.4) is 0 Å². The lowest BCUT2D eigenvalue weighted by molar-refractivity contribution is -0.350. The van der Waals surface area contributed by atoms with Crippen molar-refractivity contribution in [3.63, 3.8) is 0 Å². The molecule has 0 spiro atoms. The molecule has 2 aromatic heterocycles. The molecule has 15 heteroatoms. The maximum atomic E-state index is 15.1. The smallest absolute Gasteiger partial charge is 0.334 e. The predicted octanol–water partition coefficient (Wildman–Crippen LogP) is 7.17. The normalized spacial score (nSPS) is 17.1. The van der Waals surface area contributed by atoms with Crippen molar-refractivity contribution in [2.75, 3.05) is 0 Å². The quantitative estimate of drug-likeness (QED) is 0.291. The van der Waals surface area contributed by atoms with Crippen LogP contribution >= 0.6 is 27.5 Å². The van der Waals surface area contributed by atoms with Gasteiger partial charge in [-0.25, -0.2) is 9.07 Å². The maximum absolute atomic E-state index is 15.1. The monoisotopic (exact) mass is 637 g/mol. The Morgan fingerprint density at radius 1 is 1.10 bits per heavy atom. The van der Waals surface area contributed by atoms with Crippen LogP contribution in [0.15, 0.2) is 41.1 Å². The zero-order chi connectivity index (χ0) is 28.5. The Bertz CT molecular complexity index is 1500. The number of carbonyl (C=O) groups is 1. The summed E-state index contributed by atoms with van der Waals surface area (Å²) in [5.74, 6) is -0.798. The van der Waals surface area contributed by atoms with Crippen molar-refractivity contribution < 1.29 is 35.5 Å². The molecule has 3 aromatic rings. The van der Waals surface area contributed by atoms with Gasteiger partial charge in [-0.05, 0) is 65.4 Å². The molecule has 0 aliphatic heterocycles. The van der Waals surface area contributed by atoms with Crippen LogP contribution in [0.25, 0.3) is 16.9 Å². The van der Waals surface area contributed by atoms with Crippen LogP contribution in [0.1, 0.15) is 47.8 Å². The highest BCUT2D eigenvalue weighted by Crippen LogP contribution is 2.56. The molecular formula is C24H16BrClF7N5O. The van der Waals surface area contributed by atoms with E-state index < -0.39 is 41.2 Å². The molecule has 2 heterocycles. The molecule has 2 aliphatic rings. The van der Waals surface area contributed by atoms with Gasteiger partial charge in [-0.3, -0.25) is 4.79 Å². The number of carbonyl (C=O) groups excluding carboxylic acids is 1. The Labute approximate surface area is 229 Å².